The van der Waals surface area contributed by atoms with E-state index in [4.69, 9.17) is 5.11 Å². The lowest BCUT2D eigenvalue weighted by Crippen LogP contribution is -2.25. The van der Waals surface area contributed by atoms with Crippen LogP contribution in [0.15, 0.2) is 12.1 Å². The third-order valence-corrected chi connectivity index (χ3v) is 4.04. The number of carbonyl (C=O) groups excluding carboxylic acids is 1. The van der Waals surface area contributed by atoms with E-state index >= 15 is 0 Å². The lowest BCUT2D eigenvalue weighted by Gasteiger charge is -2.21. The summed E-state index contributed by atoms with van der Waals surface area (Å²) in [6, 6.07) is 3.37. The van der Waals surface area contributed by atoms with Crippen LogP contribution in [0.2, 0.25) is 0 Å². The SMILES string of the molecule is Cc1cc(C)c(C(=O)O)cc1NC(=O)C1CCCCC1. The van der Waals surface area contributed by atoms with Crippen LogP contribution in [0.25, 0.3) is 0 Å². The van der Waals surface area contributed by atoms with Crippen LogP contribution in [0, 0.1) is 19.8 Å². The summed E-state index contributed by atoms with van der Waals surface area (Å²) in [5.41, 5.74) is 2.47. The first-order chi connectivity index (χ1) is 9.49. The number of benzene rings is 1. The van der Waals surface area contributed by atoms with Gasteiger partial charge < -0.3 is 10.4 Å². The Morgan fingerprint density at radius 1 is 1.10 bits per heavy atom. The second-order valence-corrected chi connectivity index (χ2v) is 5.61. The number of aromatic carboxylic acids is 1. The van der Waals surface area contributed by atoms with Gasteiger partial charge in [0.15, 0.2) is 0 Å². The quantitative estimate of drug-likeness (QED) is 0.887. The van der Waals surface area contributed by atoms with Gasteiger partial charge in [-0.05, 0) is 43.9 Å². The van der Waals surface area contributed by atoms with Gasteiger partial charge in [-0.1, -0.05) is 25.3 Å². The minimum atomic E-state index is -0.962. The topological polar surface area (TPSA) is 66.4 Å². The van der Waals surface area contributed by atoms with E-state index in [-0.39, 0.29) is 17.4 Å². The second kappa shape index (κ2) is 6.07. The molecule has 1 amide bonds. The van der Waals surface area contributed by atoms with Crippen LogP contribution in [0.1, 0.15) is 53.6 Å². The van der Waals surface area contributed by atoms with Crippen molar-refractivity contribution in [1.82, 2.24) is 0 Å². The fourth-order valence-corrected chi connectivity index (χ4v) is 2.82. The zero-order valence-electron chi connectivity index (χ0n) is 12.0. The number of hydrogen-bond donors (Lipinski definition) is 2. The molecule has 0 heterocycles. The van der Waals surface area contributed by atoms with Crippen molar-refractivity contribution in [2.45, 2.75) is 46.0 Å². The highest BCUT2D eigenvalue weighted by Gasteiger charge is 2.22. The Kier molecular flexibility index (Phi) is 4.42. The van der Waals surface area contributed by atoms with Crippen molar-refractivity contribution in [3.8, 4) is 0 Å². The first-order valence-electron chi connectivity index (χ1n) is 7.14. The molecule has 0 spiro atoms. The molecule has 1 aromatic rings. The third-order valence-electron chi connectivity index (χ3n) is 4.04. The third kappa shape index (κ3) is 3.18. The molecule has 2 N–H and O–H groups in total. The summed E-state index contributed by atoms with van der Waals surface area (Å²) in [6.07, 6.45) is 5.28. The van der Waals surface area contributed by atoms with Crippen molar-refractivity contribution in [1.29, 1.82) is 0 Å². The van der Waals surface area contributed by atoms with Crippen LogP contribution >= 0.6 is 0 Å². The average molecular weight is 275 g/mol. The molecule has 1 aliphatic rings. The highest BCUT2D eigenvalue weighted by atomic mass is 16.4. The number of carboxylic acid groups (broad SMARTS) is 1. The van der Waals surface area contributed by atoms with Crippen LogP contribution < -0.4 is 5.32 Å². The number of carbonyl (C=O) groups is 2. The minimum absolute atomic E-state index is 0.0213. The average Bonchev–Trinajstić information content (AvgIpc) is 2.42. The van der Waals surface area contributed by atoms with E-state index in [0.717, 1.165) is 31.2 Å². The van der Waals surface area contributed by atoms with Crippen molar-refractivity contribution in [3.05, 3.63) is 28.8 Å². The van der Waals surface area contributed by atoms with Crippen LogP contribution in [0.4, 0.5) is 5.69 Å². The molecule has 1 fully saturated rings. The Bertz CT molecular complexity index is 531. The molecule has 1 aliphatic carbocycles. The van der Waals surface area contributed by atoms with E-state index in [0.29, 0.717) is 11.3 Å². The smallest absolute Gasteiger partial charge is 0.336 e. The minimum Gasteiger partial charge on any atom is -0.478 e. The predicted octanol–water partition coefficient (Wildman–Crippen LogP) is 3.52. The number of nitrogens with one attached hydrogen (secondary N) is 1. The Morgan fingerprint density at radius 3 is 2.35 bits per heavy atom. The Labute approximate surface area is 119 Å². The summed E-state index contributed by atoms with van der Waals surface area (Å²) in [7, 11) is 0. The van der Waals surface area contributed by atoms with Gasteiger partial charge in [0.2, 0.25) is 5.91 Å². The van der Waals surface area contributed by atoms with Gasteiger partial charge in [0.25, 0.3) is 0 Å². The van der Waals surface area contributed by atoms with E-state index in [1.54, 1.807) is 19.1 Å². The van der Waals surface area contributed by atoms with Gasteiger partial charge in [0.1, 0.15) is 0 Å². The number of carboxylic acids is 1. The maximum atomic E-state index is 12.2. The van der Waals surface area contributed by atoms with E-state index in [1.165, 1.54) is 6.42 Å². The number of hydrogen-bond acceptors (Lipinski definition) is 2. The molecule has 1 saturated carbocycles. The fourth-order valence-electron chi connectivity index (χ4n) is 2.82. The zero-order valence-corrected chi connectivity index (χ0v) is 12.0. The van der Waals surface area contributed by atoms with Gasteiger partial charge in [0, 0.05) is 11.6 Å². The lowest BCUT2D eigenvalue weighted by atomic mass is 9.88. The van der Waals surface area contributed by atoms with Crippen molar-refractivity contribution < 1.29 is 14.7 Å². The first kappa shape index (κ1) is 14.6. The molecule has 0 saturated heterocycles. The predicted molar refractivity (Wildman–Crippen MR) is 78.1 cm³/mol. The molecule has 1 aromatic carbocycles. The summed E-state index contributed by atoms with van der Waals surface area (Å²) in [6.45, 7) is 3.65. The van der Waals surface area contributed by atoms with E-state index in [1.807, 2.05) is 6.92 Å². The first-order valence-corrected chi connectivity index (χ1v) is 7.14. The van der Waals surface area contributed by atoms with Gasteiger partial charge in [-0.2, -0.15) is 0 Å². The van der Waals surface area contributed by atoms with Gasteiger partial charge in [-0.3, -0.25) is 4.79 Å². The second-order valence-electron chi connectivity index (χ2n) is 5.61. The summed E-state index contributed by atoms with van der Waals surface area (Å²) < 4.78 is 0. The summed E-state index contributed by atoms with van der Waals surface area (Å²) in [4.78, 5) is 23.4. The summed E-state index contributed by atoms with van der Waals surface area (Å²) in [5.74, 6) is -0.874. The molecule has 0 bridgehead atoms. The summed E-state index contributed by atoms with van der Waals surface area (Å²) in [5, 5.41) is 12.1. The lowest BCUT2D eigenvalue weighted by molar-refractivity contribution is -0.120. The Hall–Kier alpha value is -1.84. The number of amides is 1. The van der Waals surface area contributed by atoms with Crippen LogP contribution in [-0.4, -0.2) is 17.0 Å². The van der Waals surface area contributed by atoms with Gasteiger partial charge in [0.05, 0.1) is 5.56 Å². The van der Waals surface area contributed by atoms with Crippen LogP contribution in [0.5, 0.6) is 0 Å². The molecular weight excluding hydrogens is 254 g/mol. The van der Waals surface area contributed by atoms with E-state index < -0.39 is 5.97 Å². The molecule has 0 unspecified atom stereocenters. The van der Waals surface area contributed by atoms with Crippen LogP contribution in [-0.2, 0) is 4.79 Å². The maximum absolute atomic E-state index is 12.2. The van der Waals surface area contributed by atoms with Crippen LogP contribution in [0.3, 0.4) is 0 Å². The van der Waals surface area contributed by atoms with Crippen molar-refractivity contribution >= 4 is 17.6 Å². The Morgan fingerprint density at radius 2 is 1.75 bits per heavy atom. The molecule has 108 valence electrons. The number of rotatable bonds is 3. The molecule has 4 heteroatoms. The van der Waals surface area contributed by atoms with Crippen molar-refractivity contribution in [2.24, 2.45) is 5.92 Å². The molecular formula is C16H21NO3. The van der Waals surface area contributed by atoms with Crippen molar-refractivity contribution in [3.63, 3.8) is 0 Å². The van der Waals surface area contributed by atoms with Crippen molar-refractivity contribution in [2.75, 3.05) is 5.32 Å². The fraction of sp³-hybridized carbons (Fsp3) is 0.500. The standard InChI is InChI=1S/C16H21NO3/c1-10-8-11(2)14(9-13(10)16(19)20)17-15(18)12-6-4-3-5-7-12/h8-9,12H,3-7H2,1-2H3,(H,17,18)(H,19,20). The molecule has 2 rings (SSSR count). The van der Waals surface area contributed by atoms with Gasteiger partial charge in [-0.25, -0.2) is 4.79 Å². The van der Waals surface area contributed by atoms with Gasteiger partial charge >= 0.3 is 5.97 Å². The molecule has 4 nitrogen and oxygen atoms in total. The molecule has 0 aromatic heterocycles. The number of anilines is 1. The highest BCUT2D eigenvalue weighted by Crippen LogP contribution is 2.26. The maximum Gasteiger partial charge on any atom is 0.336 e. The monoisotopic (exact) mass is 275 g/mol. The van der Waals surface area contributed by atoms with E-state index in [2.05, 4.69) is 5.32 Å². The molecule has 0 atom stereocenters. The normalized spacial score (nSPS) is 15.9. The van der Waals surface area contributed by atoms with E-state index in [9.17, 15) is 9.59 Å². The molecule has 0 aliphatic heterocycles. The van der Waals surface area contributed by atoms with Gasteiger partial charge in [-0.15, -0.1) is 0 Å². The Balaban J connectivity index is 2.18. The largest absolute Gasteiger partial charge is 0.478 e. The molecule has 20 heavy (non-hydrogen) atoms. The number of aryl methyl sites for hydroxylation is 2. The zero-order chi connectivity index (χ0) is 14.7. The highest BCUT2D eigenvalue weighted by molar-refractivity contribution is 5.96. The summed E-state index contributed by atoms with van der Waals surface area (Å²) >= 11 is 0. The molecule has 0 radical (unpaired) electrons.